The summed E-state index contributed by atoms with van der Waals surface area (Å²) in [5, 5.41) is 9.76. The summed E-state index contributed by atoms with van der Waals surface area (Å²) in [6.45, 7) is 1.49. The summed E-state index contributed by atoms with van der Waals surface area (Å²) in [5.74, 6) is -0.0209. The van der Waals surface area contributed by atoms with Crippen molar-refractivity contribution in [3.05, 3.63) is 34.9 Å². The molecule has 2 aliphatic rings. The lowest BCUT2D eigenvalue weighted by molar-refractivity contribution is -0.136. The molecule has 1 aromatic carbocycles. The maximum absolute atomic E-state index is 12.7. The number of rotatable bonds is 4. The van der Waals surface area contributed by atoms with Gasteiger partial charge >= 0.3 is 0 Å². The summed E-state index contributed by atoms with van der Waals surface area (Å²) < 4.78 is 24.1. The average molecular weight is 373 g/mol. The largest absolute Gasteiger partial charge is 0.395 e. The SMILES string of the molecule is O=C(Cc1cccc(Cl)c1)N1CCN(CCO)[C@H]2CS(=O)(=O)C[C@H]21. The van der Waals surface area contributed by atoms with Crippen LogP contribution < -0.4 is 0 Å². The Morgan fingerprint density at radius 3 is 2.71 bits per heavy atom. The number of aliphatic hydroxyl groups excluding tert-OH is 1. The van der Waals surface area contributed by atoms with Crippen LogP contribution in [0.4, 0.5) is 0 Å². The lowest BCUT2D eigenvalue weighted by Gasteiger charge is -2.43. The molecule has 2 aliphatic heterocycles. The van der Waals surface area contributed by atoms with Crippen molar-refractivity contribution in [3.63, 3.8) is 0 Å². The molecular weight excluding hydrogens is 352 g/mol. The lowest BCUT2D eigenvalue weighted by Crippen LogP contribution is -2.61. The zero-order chi connectivity index (χ0) is 17.3. The van der Waals surface area contributed by atoms with E-state index >= 15 is 0 Å². The van der Waals surface area contributed by atoms with Gasteiger partial charge in [0.15, 0.2) is 9.84 Å². The number of aliphatic hydroxyl groups is 1. The Morgan fingerprint density at radius 1 is 1.25 bits per heavy atom. The first-order valence-corrected chi connectivity index (χ1v) is 10.2. The molecule has 2 saturated heterocycles. The Hall–Kier alpha value is -1.15. The third-order valence-corrected chi connectivity index (χ3v) is 6.68. The minimum Gasteiger partial charge on any atom is -0.395 e. The first-order valence-electron chi connectivity index (χ1n) is 7.99. The van der Waals surface area contributed by atoms with E-state index in [0.29, 0.717) is 24.7 Å². The standard InChI is InChI=1S/C16H21ClN2O4S/c17-13-3-1-2-12(8-13)9-16(21)19-5-4-18(6-7-20)14-10-24(22,23)11-15(14)19/h1-3,8,14-15,20H,4-7,9-11H2/t14-,15+/m0/s1. The molecule has 1 N–H and O–H groups in total. The molecule has 1 aromatic rings. The van der Waals surface area contributed by atoms with Gasteiger partial charge in [-0.1, -0.05) is 23.7 Å². The van der Waals surface area contributed by atoms with Gasteiger partial charge in [-0.2, -0.15) is 0 Å². The highest BCUT2D eigenvalue weighted by Crippen LogP contribution is 2.27. The van der Waals surface area contributed by atoms with Gasteiger partial charge in [-0.05, 0) is 17.7 Å². The van der Waals surface area contributed by atoms with Crippen LogP contribution in [0.25, 0.3) is 0 Å². The van der Waals surface area contributed by atoms with Crippen LogP contribution in [0.3, 0.4) is 0 Å². The number of sulfone groups is 1. The van der Waals surface area contributed by atoms with Crippen LogP contribution in [-0.4, -0.2) is 79.1 Å². The second kappa shape index (κ2) is 7.00. The Bertz CT molecular complexity index is 725. The summed E-state index contributed by atoms with van der Waals surface area (Å²) in [7, 11) is -3.16. The summed E-state index contributed by atoms with van der Waals surface area (Å²) >= 11 is 5.96. The van der Waals surface area contributed by atoms with E-state index in [2.05, 4.69) is 0 Å². The number of amides is 1. The van der Waals surface area contributed by atoms with E-state index in [1.165, 1.54) is 0 Å². The normalized spacial score (nSPS) is 26.3. The molecule has 0 saturated carbocycles. The first kappa shape index (κ1) is 17.7. The van der Waals surface area contributed by atoms with Gasteiger partial charge in [0.05, 0.1) is 30.6 Å². The maximum atomic E-state index is 12.7. The number of hydrogen-bond donors (Lipinski definition) is 1. The van der Waals surface area contributed by atoms with E-state index in [-0.39, 0.29) is 42.5 Å². The van der Waals surface area contributed by atoms with E-state index < -0.39 is 9.84 Å². The maximum Gasteiger partial charge on any atom is 0.227 e. The Balaban J connectivity index is 1.77. The topological polar surface area (TPSA) is 77.9 Å². The minimum absolute atomic E-state index is 0.000874. The first-order chi connectivity index (χ1) is 11.4. The van der Waals surface area contributed by atoms with Gasteiger partial charge in [0.1, 0.15) is 0 Å². The minimum atomic E-state index is -3.16. The van der Waals surface area contributed by atoms with Crippen molar-refractivity contribution in [1.29, 1.82) is 0 Å². The van der Waals surface area contributed by atoms with E-state index in [9.17, 15) is 18.3 Å². The Labute approximate surface area is 146 Å². The molecule has 0 bridgehead atoms. The second-order valence-corrected chi connectivity index (χ2v) is 8.96. The summed E-state index contributed by atoms with van der Waals surface area (Å²) in [6.07, 6.45) is 0.212. The van der Waals surface area contributed by atoms with Gasteiger partial charge in [-0.15, -0.1) is 0 Å². The monoisotopic (exact) mass is 372 g/mol. The van der Waals surface area contributed by atoms with Crippen LogP contribution in [0.1, 0.15) is 5.56 Å². The van der Waals surface area contributed by atoms with Crippen molar-refractivity contribution in [3.8, 4) is 0 Å². The van der Waals surface area contributed by atoms with Crippen molar-refractivity contribution < 1.29 is 18.3 Å². The molecule has 0 unspecified atom stereocenters. The number of halogens is 1. The molecule has 0 radical (unpaired) electrons. The van der Waals surface area contributed by atoms with Crippen molar-refractivity contribution in [2.24, 2.45) is 0 Å². The second-order valence-electron chi connectivity index (χ2n) is 6.37. The van der Waals surface area contributed by atoms with Crippen molar-refractivity contribution >= 4 is 27.3 Å². The Kier molecular flexibility index (Phi) is 5.15. The fraction of sp³-hybridized carbons (Fsp3) is 0.562. The quantitative estimate of drug-likeness (QED) is 0.816. The highest BCUT2D eigenvalue weighted by atomic mass is 35.5. The van der Waals surface area contributed by atoms with Crippen molar-refractivity contribution in [1.82, 2.24) is 9.80 Å². The molecule has 8 heteroatoms. The zero-order valence-electron chi connectivity index (χ0n) is 13.3. The van der Waals surface area contributed by atoms with E-state index in [4.69, 9.17) is 11.6 Å². The van der Waals surface area contributed by atoms with Gasteiger partial charge in [0.25, 0.3) is 0 Å². The summed E-state index contributed by atoms with van der Waals surface area (Å²) in [5.41, 5.74) is 0.822. The summed E-state index contributed by atoms with van der Waals surface area (Å²) in [4.78, 5) is 16.4. The highest BCUT2D eigenvalue weighted by molar-refractivity contribution is 7.91. The number of carbonyl (C=O) groups excluding carboxylic acids is 1. The number of benzene rings is 1. The molecule has 2 fully saturated rings. The number of piperazine rings is 1. The molecule has 0 aromatic heterocycles. The Morgan fingerprint density at radius 2 is 2.00 bits per heavy atom. The predicted molar refractivity (Wildman–Crippen MR) is 91.8 cm³/mol. The van der Waals surface area contributed by atoms with Crippen LogP contribution in [0.2, 0.25) is 5.02 Å². The van der Waals surface area contributed by atoms with Crippen LogP contribution in [0.15, 0.2) is 24.3 Å². The van der Waals surface area contributed by atoms with Crippen LogP contribution in [0.5, 0.6) is 0 Å². The molecule has 0 spiro atoms. The highest BCUT2D eigenvalue weighted by Gasteiger charge is 2.47. The molecule has 1 amide bonds. The van der Waals surface area contributed by atoms with E-state index in [1.54, 1.807) is 23.1 Å². The average Bonchev–Trinajstić information content (AvgIpc) is 2.83. The van der Waals surface area contributed by atoms with E-state index in [0.717, 1.165) is 5.56 Å². The number of hydrogen-bond acceptors (Lipinski definition) is 5. The number of fused-ring (bicyclic) bond motifs is 1. The summed E-state index contributed by atoms with van der Waals surface area (Å²) in [6, 6.07) is 6.59. The molecule has 3 rings (SSSR count). The van der Waals surface area contributed by atoms with Crippen LogP contribution >= 0.6 is 11.6 Å². The van der Waals surface area contributed by atoms with Crippen molar-refractivity contribution in [2.75, 3.05) is 37.7 Å². The molecule has 24 heavy (non-hydrogen) atoms. The van der Waals surface area contributed by atoms with Gasteiger partial charge in [0, 0.05) is 30.7 Å². The number of nitrogens with zero attached hydrogens (tertiary/aromatic N) is 2. The van der Waals surface area contributed by atoms with Crippen LogP contribution in [0, 0.1) is 0 Å². The smallest absolute Gasteiger partial charge is 0.227 e. The van der Waals surface area contributed by atoms with E-state index in [1.807, 2.05) is 11.0 Å². The molecule has 2 heterocycles. The number of carbonyl (C=O) groups is 1. The molecule has 132 valence electrons. The zero-order valence-corrected chi connectivity index (χ0v) is 14.8. The van der Waals surface area contributed by atoms with Gasteiger partial charge in [-0.25, -0.2) is 8.42 Å². The number of β-amino-alcohol motifs (C(OH)–C–C–N with tert-alkyl or cyclic N) is 1. The van der Waals surface area contributed by atoms with Gasteiger partial charge in [0.2, 0.25) is 5.91 Å². The fourth-order valence-electron chi connectivity index (χ4n) is 3.66. The third-order valence-electron chi connectivity index (χ3n) is 4.74. The molecule has 2 atom stereocenters. The van der Waals surface area contributed by atoms with Crippen LogP contribution in [-0.2, 0) is 21.1 Å². The predicted octanol–water partition coefficient (Wildman–Crippen LogP) is 0.185. The lowest BCUT2D eigenvalue weighted by atomic mass is 10.0. The fourth-order valence-corrected chi connectivity index (χ4v) is 5.89. The third kappa shape index (κ3) is 3.74. The van der Waals surface area contributed by atoms with Gasteiger partial charge in [-0.3, -0.25) is 9.69 Å². The molecule has 0 aliphatic carbocycles. The van der Waals surface area contributed by atoms with Crippen molar-refractivity contribution in [2.45, 2.75) is 18.5 Å². The molecular formula is C16H21ClN2O4S. The molecule has 6 nitrogen and oxygen atoms in total. The van der Waals surface area contributed by atoms with Gasteiger partial charge < -0.3 is 10.0 Å².